The summed E-state index contributed by atoms with van der Waals surface area (Å²) in [5.74, 6) is -1.42. The van der Waals surface area contributed by atoms with E-state index in [-0.39, 0.29) is 6.42 Å². The van der Waals surface area contributed by atoms with Gasteiger partial charge in [0.15, 0.2) is 0 Å². The predicted octanol–water partition coefficient (Wildman–Crippen LogP) is 2.83. The van der Waals surface area contributed by atoms with Crippen molar-refractivity contribution in [1.82, 2.24) is 5.32 Å². The molecule has 1 aliphatic rings. The molecule has 19 heavy (non-hydrogen) atoms. The van der Waals surface area contributed by atoms with Gasteiger partial charge in [-0.3, -0.25) is 4.79 Å². The second-order valence-electron chi connectivity index (χ2n) is 4.28. The van der Waals surface area contributed by atoms with E-state index in [1.807, 2.05) is 5.32 Å². The van der Waals surface area contributed by atoms with Crippen molar-refractivity contribution in [3.8, 4) is 5.75 Å². The first kappa shape index (κ1) is 13.5. The van der Waals surface area contributed by atoms with Crippen molar-refractivity contribution >= 4 is 11.5 Å². The van der Waals surface area contributed by atoms with Gasteiger partial charge >= 0.3 is 12.1 Å². The quantitative estimate of drug-likeness (QED) is 0.898. The molecule has 0 spiro atoms. The first-order valence-corrected chi connectivity index (χ1v) is 5.56. The van der Waals surface area contributed by atoms with Gasteiger partial charge in [-0.25, -0.2) is 0 Å². The lowest BCUT2D eigenvalue weighted by atomic mass is 10.1. The van der Waals surface area contributed by atoms with Gasteiger partial charge in [-0.1, -0.05) is 12.6 Å². The Hall–Kier alpha value is -1.98. The molecule has 1 amide bonds. The molecule has 0 saturated heterocycles. The van der Waals surface area contributed by atoms with Crippen LogP contribution in [0.2, 0.25) is 0 Å². The van der Waals surface area contributed by atoms with Crippen LogP contribution in [0.5, 0.6) is 5.75 Å². The maximum absolute atomic E-state index is 12.3. The van der Waals surface area contributed by atoms with Crippen molar-refractivity contribution in [2.45, 2.75) is 18.6 Å². The first-order valence-electron chi connectivity index (χ1n) is 5.56. The number of hydrogen-bond donors (Lipinski definition) is 1. The first-order chi connectivity index (χ1) is 8.82. The highest BCUT2D eigenvalue weighted by Crippen LogP contribution is 2.40. The number of alkyl halides is 3. The van der Waals surface area contributed by atoms with Crippen LogP contribution in [0.15, 0.2) is 24.8 Å². The molecule has 0 bridgehead atoms. The summed E-state index contributed by atoms with van der Waals surface area (Å²) in [6.45, 7) is 3.80. The number of ether oxygens (including phenoxy) is 1. The molecule has 102 valence electrons. The van der Waals surface area contributed by atoms with Crippen LogP contribution in [0, 0.1) is 0 Å². The SMILES string of the molecule is C=C1CC(NC(=O)C(F)(F)F)c2cc(OC)ccc21. The number of amides is 1. The van der Waals surface area contributed by atoms with E-state index in [0.717, 1.165) is 5.56 Å². The standard InChI is InChI=1S/C13H12F3NO2/c1-7-5-11(17-12(18)13(14,15)16)10-6-8(19-2)3-4-9(7)10/h3-4,6,11H,1,5H2,2H3,(H,17,18). The van der Waals surface area contributed by atoms with Crippen LogP contribution in [0.25, 0.3) is 5.57 Å². The summed E-state index contributed by atoms with van der Waals surface area (Å²) in [6, 6.07) is 4.34. The zero-order valence-electron chi connectivity index (χ0n) is 10.2. The second-order valence-corrected chi connectivity index (χ2v) is 4.28. The Morgan fingerprint density at radius 1 is 1.47 bits per heavy atom. The minimum atomic E-state index is -4.89. The van der Waals surface area contributed by atoms with Crippen LogP contribution < -0.4 is 10.1 Å². The highest BCUT2D eigenvalue weighted by atomic mass is 19.4. The van der Waals surface area contributed by atoms with Crippen molar-refractivity contribution in [2.75, 3.05) is 7.11 Å². The fourth-order valence-electron chi connectivity index (χ4n) is 2.11. The smallest absolute Gasteiger partial charge is 0.471 e. The van der Waals surface area contributed by atoms with Gasteiger partial charge in [-0.2, -0.15) is 13.2 Å². The Kier molecular flexibility index (Phi) is 3.26. The molecule has 1 aliphatic carbocycles. The number of halogens is 3. The molecule has 1 aromatic rings. The summed E-state index contributed by atoms with van der Waals surface area (Å²) in [7, 11) is 1.47. The summed E-state index contributed by atoms with van der Waals surface area (Å²) in [5, 5.41) is 1.98. The molecule has 0 saturated carbocycles. The number of fused-ring (bicyclic) bond motifs is 1. The van der Waals surface area contributed by atoms with E-state index in [2.05, 4.69) is 6.58 Å². The second kappa shape index (κ2) is 4.60. The van der Waals surface area contributed by atoms with Crippen LogP contribution in [0.1, 0.15) is 23.6 Å². The van der Waals surface area contributed by atoms with Crippen LogP contribution in [-0.2, 0) is 4.79 Å². The van der Waals surface area contributed by atoms with Crippen molar-refractivity contribution in [3.05, 3.63) is 35.9 Å². The molecule has 1 aromatic carbocycles. The van der Waals surface area contributed by atoms with Gasteiger partial charge in [0, 0.05) is 0 Å². The van der Waals surface area contributed by atoms with Gasteiger partial charge in [0.25, 0.3) is 0 Å². The highest BCUT2D eigenvalue weighted by Gasteiger charge is 2.41. The lowest BCUT2D eigenvalue weighted by Gasteiger charge is -2.15. The van der Waals surface area contributed by atoms with Crippen molar-refractivity contribution in [2.24, 2.45) is 0 Å². The molecule has 1 atom stereocenters. The number of hydrogen-bond acceptors (Lipinski definition) is 2. The molecule has 6 heteroatoms. The number of carbonyl (C=O) groups excluding carboxylic acids is 1. The fraction of sp³-hybridized carbons (Fsp3) is 0.308. The van der Waals surface area contributed by atoms with E-state index < -0.39 is 18.1 Å². The summed E-state index contributed by atoms with van der Waals surface area (Å²) in [6.07, 6.45) is -4.62. The van der Waals surface area contributed by atoms with Gasteiger partial charge in [0.05, 0.1) is 13.2 Å². The number of nitrogens with one attached hydrogen (secondary N) is 1. The van der Waals surface area contributed by atoms with E-state index in [0.29, 0.717) is 16.9 Å². The molecule has 1 unspecified atom stereocenters. The Balaban J connectivity index is 2.28. The van der Waals surface area contributed by atoms with Crippen LogP contribution >= 0.6 is 0 Å². The maximum Gasteiger partial charge on any atom is 0.471 e. The third-order valence-corrected chi connectivity index (χ3v) is 3.03. The Morgan fingerprint density at radius 3 is 2.74 bits per heavy atom. The van der Waals surface area contributed by atoms with Crippen LogP contribution in [-0.4, -0.2) is 19.2 Å². The van der Waals surface area contributed by atoms with E-state index in [1.54, 1.807) is 18.2 Å². The molecule has 1 N–H and O–H groups in total. The van der Waals surface area contributed by atoms with Gasteiger partial charge < -0.3 is 10.1 Å². The summed E-state index contributed by atoms with van der Waals surface area (Å²) < 4.78 is 41.8. The zero-order chi connectivity index (χ0) is 14.2. The lowest BCUT2D eigenvalue weighted by molar-refractivity contribution is -0.174. The van der Waals surface area contributed by atoms with Crippen LogP contribution in [0.4, 0.5) is 13.2 Å². The summed E-state index contributed by atoms with van der Waals surface area (Å²) in [4.78, 5) is 11.0. The predicted molar refractivity (Wildman–Crippen MR) is 63.6 cm³/mol. The van der Waals surface area contributed by atoms with Gasteiger partial charge in [0.2, 0.25) is 0 Å². The lowest BCUT2D eigenvalue weighted by Crippen LogP contribution is -2.38. The number of rotatable bonds is 2. The van der Waals surface area contributed by atoms with E-state index in [4.69, 9.17) is 4.74 Å². The molecule has 2 rings (SSSR count). The van der Waals surface area contributed by atoms with E-state index >= 15 is 0 Å². The minimum absolute atomic E-state index is 0.268. The number of carbonyl (C=O) groups is 1. The zero-order valence-corrected chi connectivity index (χ0v) is 10.2. The van der Waals surface area contributed by atoms with E-state index in [9.17, 15) is 18.0 Å². The van der Waals surface area contributed by atoms with Gasteiger partial charge in [-0.05, 0) is 35.3 Å². The Morgan fingerprint density at radius 2 is 2.16 bits per heavy atom. The number of methoxy groups -OCH3 is 1. The van der Waals surface area contributed by atoms with Gasteiger partial charge in [0.1, 0.15) is 5.75 Å². The molecular formula is C13H12F3NO2. The topological polar surface area (TPSA) is 38.3 Å². The number of benzene rings is 1. The van der Waals surface area contributed by atoms with Crippen molar-refractivity contribution in [3.63, 3.8) is 0 Å². The molecule has 0 radical (unpaired) electrons. The third kappa shape index (κ3) is 2.57. The maximum atomic E-state index is 12.3. The van der Waals surface area contributed by atoms with Crippen molar-refractivity contribution < 1.29 is 22.7 Å². The summed E-state index contributed by atoms with van der Waals surface area (Å²) in [5.41, 5.74) is 2.06. The molecular weight excluding hydrogens is 259 g/mol. The Bertz CT molecular complexity index is 537. The minimum Gasteiger partial charge on any atom is -0.497 e. The van der Waals surface area contributed by atoms with E-state index in [1.165, 1.54) is 7.11 Å². The molecule has 0 heterocycles. The Labute approximate surface area is 108 Å². The highest BCUT2D eigenvalue weighted by molar-refractivity contribution is 5.84. The van der Waals surface area contributed by atoms with Gasteiger partial charge in [-0.15, -0.1) is 0 Å². The van der Waals surface area contributed by atoms with Crippen molar-refractivity contribution in [1.29, 1.82) is 0 Å². The molecule has 0 aromatic heterocycles. The third-order valence-electron chi connectivity index (χ3n) is 3.03. The molecule has 0 aliphatic heterocycles. The normalized spacial score (nSPS) is 18.1. The summed E-state index contributed by atoms with van der Waals surface area (Å²) >= 11 is 0. The molecule has 0 fully saturated rings. The fourth-order valence-corrected chi connectivity index (χ4v) is 2.11. The molecule has 3 nitrogen and oxygen atoms in total. The monoisotopic (exact) mass is 271 g/mol. The average Bonchev–Trinajstić information content (AvgIpc) is 2.64. The largest absolute Gasteiger partial charge is 0.497 e. The van der Waals surface area contributed by atoms with Crippen LogP contribution in [0.3, 0.4) is 0 Å². The average molecular weight is 271 g/mol.